The normalized spacial score (nSPS) is 21.4. The van der Waals surface area contributed by atoms with Crippen molar-refractivity contribution < 1.29 is 5.11 Å². The molecule has 1 aliphatic carbocycles. The third-order valence-corrected chi connectivity index (χ3v) is 5.25. The lowest BCUT2D eigenvalue weighted by Gasteiger charge is -2.27. The Morgan fingerprint density at radius 3 is 2.61 bits per heavy atom. The highest BCUT2D eigenvalue weighted by atomic mass is 32.1. The SMILES string of the molecule is OC1CCC(Nc2nc(-c3cccs3)nc3ccccc23)CC1. The van der Waals surface area contributed by atoms with Crippen LogP contribution in [0.25, 0.3) is 21.6 Å². The van der Waals surface area contributed by atoms with Crippen molar-refractivity contribution in [3.8, 4) is 10.7 Å². The van der Waals surface area contributed by atoms with Crippen LogP contribution in [0.5, 0.6) is 0 Å². The summed E-state index contributed by atoms with van der Waals surface area (Å²) >= 11 is 1.65. The summed E-state index contributed by atoms with van der Waals surface area (Å²) in [5.41, 5.74) is 0.962. The first kappa shape index (κ1) is 14.6. The van der Waals surface area contributed by atoms with Crippen LogP contribution in [0, 0.1) is 0 Å². The van der Waals surface area contributed by atoms with E-state index in [-0.39, 0.29) is 6.10 Å². The molecule has 118 valence electrons. The van der Waals surface area contributed by atoms with Gasteiger partial charge in [-0.3, -0.25) is 0 Å². The van der Waals surface area contributed by atoms with E-state index >= 15 is 0 Å². The summed E-state index contributed by atoms with van der Waals surface area (Å²) in [6.45, 7) is 0. The minimum absolute atomic E-state index is 0.142. The molecule has 4 rings (SSSR count). The minimum Gasteiger partial charge on any atom is -0.393 e. The summed E-state index contributed by atoms with van der Waals surface area (Å²) in [5.74, 6) is 1.68. The first-order valence-electron chi connectivity index (χ1n) is 8.05. The second kappa shape index (κ2) is 6.26. The molecule has 0 bridgehead atoms. The molecule has 4 nitrogen and oxygen atoms in total. The van der Waals surface area contributed by atoms with E-state index < -0.39 is 0 Å². The van der Waals surface area contributed by atoms with Gasteiger partial charge in [0.05, 0.1) is 16.5 Å². The van der Waals surface area contributed by atoms with Crippen molar-refractivity contribution in [3.63, 3.8) is 0 Å². The number of aromatic nitrogens is 2. The van der Waals surface area contributed by atoms with E-state index in [1.807, 2.05) is 29.6 Å². The second-order valence-corrected chi connectivity index (χ2v) is 6.99. The van der Waals surface area contributed by atoms with Crippen molar-refractivity contribution in [2.75, 3.05) is 5.32 Å². The summed E-state index contributed by atoms with van der Waals surface area (Å²) in [5, 5.41) is 16.4. The lowest BCUT2D eigenvalue weighted by atomic mass is 9.93. The highest BCUT2D eigenvalue weighted by Gasteiger charge is 2.20. The predicted octanol–water partition coefficient (Wildman–Crippen LogP) is 4.07. The van der Waals surface area contributed by atoms with Gasteiger partial charge >= 0.3 is 0 Å². The maximum atomic E-state index is 9.68. The Hall–Kier alpha value is -1.98. The van der Waals surface area contributed by atoms with Gasteiger partial charge in [0.2, 0.25) is 0 Å². The van der Waals surface area contributed by atoms with Crippen molar-refractivity contribution in [1.29, 1.82) is 0 Å². The number of benzene rings is 1. The van der Waals surface area contributed by atoms with Crippen LogP contribution in [0.15, 0.2) is 41.8 Å². The molecule has 1 aromatic carbocycles. The van der Waals surface area contributed by atoms with Crippen LogP contribution in [0.3, 0.4) is 0 Å². The van der Waals surface area contributed by atoms with E-state index in [1.165, 1.54) is 0 Å². The largest absolute Gasteiger partial charge is 0.393 e. The molecule has 0 amide bonds. The van der Waals surface area contributed by atoms with Gasteiger partial charge in [-0.15, -0.1) is 11.3 Å². The molecule has 3 aromatic rings. The van der Waals surface area contributed by atoms with Crippen molar-refractivity contribution in [3.05, 3.63) is 41.8 Å². The number of aliphatic hydroxyl groups excluding tert-OH is 1. The molecule has 1 saturated carbocycles. The van der Waals surface area contributed by atoms with Crippen molar-refractivity contribution in [1.82, 2.24) is 9.97 Å². The molecule has 0 unspecified atom stereocenters. The summed E-state index contributed by atoms with van der Waals surface area (Å²) in [6.07, 6.45) is 3.54. The van der Waals surface area contributed by atoms with E-state index in [9.17, 15) is 5.11 Å². The molecular formula is C18H19N3OS. The second-order valence-electron chi connectivity index (χ2n) is 6.04. The van der Waals surface area contributed by atoms with Gasteiger partial charge in [-0.25, -0.2) is 9.97 Å². The number of para-hydroxylation sites is 1. The van der Waals surface area contributed by atoms with Gasteiger partial charge in [-0.05, 0) is 49.3 Å². The monoisotopic (exact) mass is 325 g/mol. The summed E-state index contributed by atoms with van der Waals surface area (Å²) in [4.78, 5) is 10.6. The first-order chi connectivity index (χ1) is 11.3. The smallest absolute Gasteiger partial charge is 0.172 e. The fourth-order valence-electron chi connectivity index (χ4n) is 3.12. The Bertz CT molecular complexity index is 795. The van der Waals surface area contributed by atoms with Crippen molar-refractivity contribution in [2.24, 2.45) is 0 Å². The average molecular weight is 325 g/mol. The molecule has 2 aromatic heterocycles. The van der Waals surface area contributed by atoms with Gasteiger partial charge in [0.15, 0.2) is 5.82 Å². The van der Waals surface area contributed by atoms with E-state index in [0.717, 1.165) is 53.1 Å². The van der Waals surface area contributed by atoms with Gasteiger partial charge in [0.25, 0.3) is 0 Å². The third-order valence-electron chi connectivity index (χ3n) is 4.38. The number of nitrogens with zero attached hydrogens (tertiary/aromatic N) is 2. The maximum Gasteiger partial charge on any atom is 0.172 e. The number of nitrogens with one attached hydrogen (secondary N) is 1. The highest BCUT2D eigenvalue weighted by molar-refractivity contribution is 7.13. The number of anilines is 1. The van der Waals surface area contributed by atoms with Crippen LogP contribution in [0.2, 0.25) is 0 Å². The van der Waals surface area contributed by atoms with Gasteiger partial charge < -0.3 is 10.4 Å². The fourth-order valence-corrected chi connectivity index (χ4v) is 3.77. The predicted molar refractivity (Wildman–Crippen MR) is 94.7 cm³/mol. The minimum atomic E-state index is -0.142. The summed E-state index contributed by atoms with van der Waals surface area (Å²) in [6, 6.07) is 12.6. The van der Waals surface area contributed by atoms with Gasteiger partial charge in [-0.2, -0.15) is 0 Å². The zero-order valence-corrected chi connectivity index (χ0v) is 13.6. The van der Waals surface area contributed by atoms with Crippen LogP contribution in [-0.4, -0.2) is 27.2 Å². The average Bonchev–Trinajstić information content (AvgIpc) is 3.11. The lowest BCUT2D eigenvalue weighted by Crippen LogP contribution is -2.28. The molecule has 1 fully saturated rings. The van der Waals surface area contributed by atoms with E-state index in [4.69, 9.17) is 9.97 Å². The summed E-state index contributed by atoms with van der Waals surface area (Å²) in [7, 11) is 0. The molecule has 5 heteroatoms. The van der Waals surface area contributed by atoms with Crippen LogP contribution >= 0.6 is 11.3 Å². The van der Waals surface area contributed by atoms with Crippen LogP contribution in [0.4, 0.5) is 5.82 Å². The topological polar surface area (TPSA) is 58.0 Å². The molecule has 23 heavy (non-hydrogen) atoms. The summed E-state index contributed by atoms with van der Waals surface area (Å²) < 4.78 is 0. The number of hydrogen-bond donors (Lipinski definition) is 2. The highest BCUT2D eigenvalue weighted by Crippen LogP contribution is 2.29. The number of rotatable bonds is 3. The van der Waals surface area contributed by atoms with Crippen molar-refractivity contribution in [2.45, 2.75) is 37.8 Å². The zero-order chi connectivity index (χ0) is 15.6. The van der Waals surface area contributed by atoms with E-state index in [1.54, 1.807) is 11.3 Å². The molecule has 2 N–H and O–H groups in total. The number of hydrogen-bond acceptors (Lipinski definition) is 5. The van der Waals surface area contributed by atoms with E-state index in [0.29, 0.717) is 6.04 Å². The Morgan fingerprint density at radius 2 is 1.83 bits per heavy atom. The molecule has 0 atom stereocenters. The zero-order valence-electron chi connectivity index (χ0n) is 12.8. The Balaban J connectivity index is 1.72. The standard InChI is InChI=1S/C18H19N3OS/c22-13-9-7-12(8-10-13)19-17-14-4-1-2-5-15(14)20-18(21-17)16-6-3-11-23-16/h1-6,11-13,22H,7-10H2,(H,19,20,21). The quantitative estimate of drug-likeness (QED) is 0.762. The molecular weight excluding hydrogens is 306 g/mol. The van der Waals surface area contributed by atoms with Crippen molar-refractivity contribution >= 4 is 28.1 Å². The van der Waals surface area contributed by atoms with Gasteiger partial charge in [-0.1, -0.05) is 18.2 Å². The molecule has 1 aliphatic rings. The van der Waals surface area contributed by atoms with Gasteiger partial charge in [0, 0.05) is 11.4 Å². The van der Waals surface area contributed by atoms with Crippen LogP contribution in [-0.2, 0) is 0 Å². The van der Waals surface area contributed by atoms with Crippen LogP contribution < -0.4 is 5.32 Å². The number of thiophene rings is 1. The fraction of sp³-hybridized carbons (Fsp3) is 0.333. The molecule has 0 aliphatic heterocycles. The van der Waals surface area contributed by atoms with Gasteiger partial charge in [0.1, 0.15) is 5.82 Å². The van der Waals surface area contributed by atoms with Crippen LogP contribution in [0.1, 0.15) is 25.7 Å². The first-order valence-corrected chi connectivity index (χ1v) is 8.93. The molecule has 0 spiro atoms. The molecule has 2 heterocycles. The third kappa shape index (κ3) is 3.07. The number of fused-ring (bicyclic) bond motifs is 1. The molecule has 0 saturated heterocycles. The number of aliphatic hydroxyl groups is 1. The lowest BCUT2D eigenvalue weighted by molar-refractivity contribution is 0.126. The molecule has 0 radical (unpaired) electrons. The maximum absolute atomic E-state index is 9.68. The Labute approximate surface area is 139 Å². The van der Waals surface area contributed by atoms with E-state index in [2.05, 4.69) is 17.4 Å². The Morgan fingerprint density at radius 1 is 1.00 bits per heavy atom. The Kier molecular flexibility index (Phi) is 3.97.